The normalized spacial score (nSPS) is 21.2. The largest absolute Gasteiger partial charge is 0.386 e. The van der Waals surface area contributed by atoms with Gasteiger partial charge >= 0.3 is 0 Å². The zero-order valence-corrected chi connectivity index (χ0v) is 13.1. The lowest BCUT2D eigenvalue weighted by molar-refractivity contribution is -0.00342. The first-order valence-corrected chi connectivity index (χ1v) is 8.02. The minimum Gasteiger partial charge on any atom is -0.386 e. The third-order valence-corrected chi connectivity index (χ3v) is 4.21. The zero-order valence-electron chi connectivity index (χ0n) is 13.1. The van der Waals surface area contributed by atoms with Crippen molar-refractivity contribution in [2.24, 2.45) is 5.92 Å². The fraction of sp³-hybridized carbons (Fsp3) is 0.647. The first kappa shape index (κ1) is 17.3. The van der Waals surface area contributed by atoms with E-state index in [1.54, 1.807) is 0 Å². The van der Waals surface area contributed by atoms with E-state index in [9.17, 15) is 8.78 Å². The van der Waals surface area contributed by atoms with Gasteiger partial charge in [0.1, 0.15) is 6.10 Å². The van der Waals surface area contributed by atoms with Crippen molar-refractivity contribution in [3.63, 3.8) is 0 Å². The van der Waals surface area contributed by atoms with E-state index in [0.717, 1.165) is 31.1 Å². The summed E-state index contributed by atoms with van der Waals surface area (Å²) in [6.45, 7) is 5.84. The Bertz CT molecular complexity index is 456. The van der Waals surface area contributed by atoms with Crippen LogP contribution in [0.1, 0.15) is 30.9 Å². The van der Waals surface area contributed by atoms with Crippen molar-refractivity contribution in [1.29, 1.82) is 0 Å². The summed E-state index contributed by atoms with van der Waals surface area (Å²) in [5.41, 5.74) is 2.35. The molecule has 2 atom stereocenters. The van der Waals surface area contributed by atoms with Crippen molar-refractivity contribution in [2.75, 3.05) is 19.6 Å². The van der Waals surface area contributed by atoms with Gasteiger partial charge in [0, 0.05) is 26.2 Å². The Kier molecular flexibility index (Phi) is 6.73. The Hall–Kier alpha value is -1.04. The molecule has 1 aromatic carbocycles. The number of halogens is 2. The monoisotopic (exact) mass is 312 g/mol. The molecule has 0 aromatic heterocycles. The number of piperidine rings is 1. The van der Waals surface area contributed by atoms with E-state index in [1.165, 1.54) is 18.4 Å². The van der Waals surface area contributed by atoms with Crippen LogP contribution >= 0.6 is 0 Å². The van der Waals surface area contributed by atoms with Crippen LogP contribution in [0.25, 0.3) is 0 Å². The Labute approximate surface area is 131 Å². The lowest BCUT2D eigenvalue weighted by atomic mass is 9.99. The van der Waals surface area contributed by atoms with Crippen LogP contribution in [0, 0.1) is 5.92 Å². The van der Waals surface area contributed by atoms with Gasteiger partial charge in [-0.25, -0.2) is 8.78 Å². The van der Waals surface area contributed by atoms with Gasteiger partial charge in [-0.1, -0.05) is 31.2 Å². The molecule has 2 unspecified atom stereocenters. The van der Waals surface area contributed by atoms with Crippen molar-refractivity contribution in [2.45, 2.75) is 45.4 Å². The second-order valence-corrected chi connectivity index (χ2v) is 6.28. The van der Waals surface area contributed by atoms with Crippen LogP contribution < -0.4 is 5.32 Å². The summed E-state index contributed by atoms with van der Waals surface area (Å²) in [7, 11) is 0. The van der Waals surface area contributed by atoms with Crippen molar-refractivity contribution >= 4 is 0 Å². The lowest BCUT2D eigenvalue weighted by Crippen LogP contribution is -2.34. The molecule has 0 spiro atoms. The van der Waals surface area contributed by atoms with Gasteiger partial charge in [-0.15, -0.1) is 0 Å². The summed E-state index contributed by atoms with van der Waals surface area (Å²) in [5.74, 6) is 0.736. The molecule has 1 heterocycles. The van der Waals surface area contributed by atoms with Gasteiger partial charge < -0.3 is 10.4 Å². The van der Waals surface area contributed by atoms with Crippen LogP contribution in [0.2, 0.25) is 0 Å². The highest BCUT2D eigenvalue weighted by molar-refractivity contribution is 5.27. The highest BCUT2D eigenvalue weighted by Gasteiger charge is 2.18. The maximum absolute atomic E-state index is 12.3. The molecule has 1 fully saturated rings. The van der Waals surface area contributed by atoms with Crippen LogP contribution in [0.15, 0.2) is 24.3 Å². The molecule has 0 bridgehead atoms. The summed E-state index contributed by atoms with van der Waals surface area (Å²) >= 11 is 0. The Balaban J connectivity index is 1.89. The maximum atomic E-state index is 12.3. The summed E-state index contributed by atoms with van der Waals surface area (Å²) in [5, 5.41) is 12.1. The van der Waals surface area contributed by atoms with E-state index in [0.29, 0.717) is 6.54 Å². The van der Waals surface area contributed by atoms with Gasteiger partial charge in [0.2, 0.25) is 0 Å². The molecule has 5 heteroatoms. The SMILES string of the molecule is CC1CCCN(Cc2ccccc2CNCC(O)C(F)F)C1. The number of likely N-dealkylation sites (tertiary alicyclic amines) is 1. The van der Waals surface area contributed by atoms with Gasteiger partial charge in [0.15, 0.2) is 0 Å². The number of rotatable bonds is 7. The fourth-order valence-corrected chi connectivity index (χ4v) is 3.00. The van der Waals surface area contributed by atoms with E-state index in [-0.39, 0.29) is 6.54 Å². The van der Waals surface area contributed by atoms with E-state index < -0.39 is 12.5 Å². The number of nitrogens with one attached hydrogen (secondary N) is 1. The van der Waals surface area contributed by atoms with Crippen molar-refractivity contribution in [1.82, 2.24) is 10.2 Å². The number of aliphatic hydroxyl groups excluding tert-OH is 1. The highest BCUT2D eigenvalue weighted by atomic mass is 19.3. The highest BCUT2D eigenvalue weighted by Crippen LogP contribution is 2.19. The molecule has 22 heavy (non-hydrogen) atoms. The second-order valence-electron chi connectivity index (χ2n) is 6.28. The third-order valence-electron chi connectivity index (χ3n) is 4.21. The number of aliphatic hydroxyl groups is 1. The molecule has 1 aliphatic rings. The van der Waals surface area contributed by atoms with Gasteiger partial charge in [-0.3, -0.25) is 4.90 Å². The number of benzene rings is 1. The predicted octanol–water partition coefficient (Wildman–Crippen LogP) is 2.63. The average molecular weight is 312 g/mol. The molecular formula is C17H26F2N2O. The van der Waals surface area contributed by atoms with Crippen molar-refractivity contribution in [3.05, 3.63) is 35.4 Å². The minimum absolute atomic E-state index is 0.0905. The molecule has 1 saturated heterocycles. The number of alkyl halides is 2. The molecule has 1 aromatic rings. The molecule has 0 amide bonds. The van der Waals surface area contributed by atoms with E-state index >= 15 is 0 Å². The molecule has 0 aliphatic carbocycles. The zero-order chi connectivity index (χ0) is 15.9. The van der Waals surface area contributed by atoms with Crippen LogP contribution in [0.5, 0.6) is 0 Å². The quantitative estimate of drug-likeness (QED) is 0.812. The van der Waals surface area contributed by atoms with Crippen LogP contribution in [-0.4, -0.2) is 42.2 Å². The molecule has 0 radical (unpaired) electrons. The molecule has 0 saturated carbocycles. The smallest absolute Gasteiger partial charge is 0.265 e. The summed E-state index contributed by atoms with van der Waals surface area (Å²) < 4.78 is 24.6. The van der Waals surface area contributed by atoms with Crippen LogP contribution in [0.3, 0.4) is 0 Å². The predicted molar refractivity (Wildman–Crippen MR) is 83.8 cm³/mol. The van der Waals surface area contributed by atoms with Gasteiger partial charge in [0.25, 0.3) is 6.43 Å². The molecular weight excluding hydrogens is 286 g/mol. The van der Waals surface area contributed by atoms with Crippen molar-refractivity contribution < 1.29 is 13.9 Å². The summed E-state index contributed by atoms with van der Waals surface area (Å²) in [6, 6.07) is 8.09. The Morgan fingerprint density at radius 2 is 2.05 bits per heavy atom. The van der Waals surface area contributed by atoms with E-state index in [4.69, 9.17) is 5.11 Å². The molecule has 2 rings (SSSR count). The van der Waals surface area contributed by atoms with Gasteiger partial charge in [-0.2, -0.15) is 0 Å². The Morgan fingerprint density at radius 1 is 1.32 bits per heavy atom. The maximum Gasteiger partial charge on any atom is 0.265 e. The first-order chi connectivity index (χ1) is 10.6. The standard InChI is InChI=1S/C17H26F2N2O/c1-13-5-4-8-21(11-13)12-15-7-3-2-6-14(15)9-20-10-16(22)17(18)19/h2-3,6-7,13,16-17,20,22H,4-5,8-12H2,1H3. The van der Waals surface area contributed by atoms with E-state index in [1.807, 2.05) is 18.2 Å². The topological polar surface area (TPSA) is 35.5 Å². The number of hydrogen-bond donors (Lipinski definition) is 2. The first-order valence-electron chi connectivity index (χ1n) is 8.02. The van der Waals surface area contributed by atoms with Crippen LogP contribution in [-0.2, 0) is 13.1 Å². The van der Waals surface area contributed by atoms with E-state index in [2.05, 4.69) is 23.2 Å². The molecule has 124 valence electrons. The number of hydrogen-bond acceptors (Lipinski definition) is 3. The summed E-state index contributed by atoms with van der Waals surface area (Å²) in [4.78, 5) is 2.46. The second kappa shape index (κ2) is 8.56. The molecule has 2 N–H and O–H groups in total. The number of nitrogens with zero attached hydrogens (tertiary/aromatic N) is 1. The molecule has 1 aliphatic heterocycles. The molecule has 3 nitrogen and oxygen atoms in total. The summed E-state index contributed by atoms with van der Waals surface area (Å²) in [6.07, 6.45) is -1.76. The van der Waals surface area contributed by atoms with Crippen molar-refractivity contribution in [3.8, 4) is 0 Å². The lowest BCUT2D eigenvalue weighted by Gasteiger charge is -2.31. The fourth-order valence-electron chi connectivity index (χ4n) is 3.00. The van der Waals surface area contributed by atoms with Gasteiger partial charge in [-0.05, 0) is 36.4 Å². The Morgan fingerprint density at radius 3 is 2.73 bits per heavy atom. The third kappa shape index (κ3) is 5.30. The minimum atomic E-state index is -2.70. The van der Waals surface area contributed by atoms with Crippen LogP contribution in [0.4, 0.5) is 8.78 Å². The van der Waals surface area contributed by atoms with Gasteiger partial charge in [0.05, 0.1) is 0 Å². The average Bonchev–Trinajstić information content (AvgIpc) is 2.49.